The van der Waals surface area contributed by atoms with Crippen LogP contribution in [0.3, 0.4) is 0 Å². The van der Waals surface area contributed by atoms with Gasteiger partial charge in [-0.05, 0) is 42.3 Å². The summed E-state index contributed by atoms with van der Waals surface area (Å²) in [5.74, 6) is -0.901. The molecule has 2 saturated heterocycles. The number of hydrogen-bond donors (Lipinski definition) is 2. The first-order chi connectivity index (χ1) is 21.1. The van der Waals surface area contributed by atoms with Gasteiger partial charge in [0.15, 0.2) is 17.7 Å². The van der Waals surface area contributed by atoms with Gasteiger partial charge in [-0.1, -0.05) is 30.3 Å². The number of ether oxygens (including phenoxy) is 1. The maximum Gasteiger partial charge on any atom is 0.413 e. The molecule has 3 atom stereocenters. The molecular formula is C30H27N5O8S. The fourth-order valence-electron chi connectivity index (χ4n) is 5.77. The molecule has 2 aliphatic rings. The minimum Gasteiger partial charge on any atom is -0.618 e. The van der Waals surface area contributed by atoms with Crippen LogP contribution in [0.15, 0.2) is 90.2 Å². The third kappa shape index (κ3) is 5.40. The van der Waals surface area contributed by atoms with E-state index in [1.807, 2.05) is 12.1 Å². The molecule has 2 N–H and O–H groups in total. The predicted octanol–water partition coefficient (Wildman–Crippen LogP) is 1.52. The molecule has 2 aromatic carbocycles. The van der Waals surface area contributed by atoms with Crippen LogP contribution in [0, 0.1) is 5.21 Å². The van der Waals surface area contributed by atoms with Crippen molar-refractivity contribution in [3.8, 4) is 11.5 Å². The molecule has 0 bridgehead atoms. The Labute approximate surface area is 251 Å². The number of nitrogens with zero attached hydrogens (tertiary/aromatic N) is 4. The number of phenols is 1. The van der Waals surface area contributed by atoms with Gasteiger partial charge in [0, 0.05) is 36.7 Å². The van der Waals surface area contributed by atoms with Gasteiger partial charge < -0.3 is 25.3 Å². The lowest BCUT2D eigenvalue weighted by Crippen LogP contribution is -2.53. The van der Waals surface area contributed by atoms with Gasteiger partial charge in [-0.2, -0.15) is 9.04 Å². The highest BCUT2D eigenvalue weighted by molar-refractivity contribution is 7.89. The highest BCUT2D eigenvalue weighted by Gasteiger charge is 2.55. The number of carbonyl (C=O) groups excluding carboxylic acids is 3. The van der Waals surface area contributed by atoms with Crippen LogP contribution in [0.2, 0.25) is 0 Å². The first kappa shape index (κ1) is 29.0. The van der Waals surface area contributed by atoms with E-state index < -0.39 is 57.5 Å². The number of aromatic nitrogens is 2. The van der Waals surface area contributed by atoms with Gasteiger partial charge in [0.2, 0.25) is 5.91 Å². The quantitative estimate of drug-likeness (QED) is 0.230. The van der Waals surface area contributed by atoms with Gasteiger partial charge >= 0.3 is 21.1 Å². The highest BCUT2D eigenvalue weighted by atomic mass is 32.2. The number of carbonyl (C=O) groups is 3. The zero-order valence-corrected chi connectivity index (χ0v) is 24.0. The summed E-state index contributed by atoms with van der Waals surface area (Å²) in [4.78, 5) is 45.9. The molecule has 3 unspecified atom stereocenters. The monoisotopic (exact) mass is 617 g/mol. The van der Waals surface area contributed by atoms with Gasteiger partial charge in [-0.15, -0.1) is 0 Å². The molecule has 14 heteroatoms. The van der Waals surface area contributed by atoms with Gasteiger partial charge in [-0.25, -0.2) is 13.2 Å². The third-order valence-electron chi connectivity index (χ3n) is 7.79. The molecule has 0 spiro atoms. The number of nitrogens with one attached hydrogen (secondary N) is 1. The van der Waals surface area contributed by atoms with E-state index in [9.17, 15) is 33.1 Å². The topological polar surface area (TPSA) is 173 Å². The van der Waals surface area contributed by atoms with E-state index in [-0.39, 0.29) is 35.6 Å². The summed E-state index contributed by atoms with van der Waals surface area (Å²) in [6.45, 7) is -0.448. The van der Waals surface area contributed by atoms with E-state index in [2.05, 4.69) is 10.3 Å². The van der Waals surface area contributed by atoms with Crippen molar-refractivity contribution in [2.24, 2.45) is 0 Å². The smallest absolute Gasteiger partial charge is 0.413 e. The number of amides is 2. The minimum atomic E-state index is -4.34. The Balaban J connectivity index is 1.25. The summed E-state index contributed by atoms with van der Waals surface area (Å²) in [5.41, 5.74) is 1.06. The molecule has 4 heterocycles. The van der Waals surface area contributed by atoms with Crippen LogP contribution in [-0.2, 0) is 26.0 Å². The second kappa shape index (κ2) is 11.5. The molecule has 2 fully saturated rings. The van der Waals surface area contributed by atoms with Crippen LogP contribution in [0.25, 0.3) is 10.9 Å². The first-order valence-corrected chi connectivity index (χ1v) is 15.2. The number of para-hydroxylation sites is 1. The van der Waals surface area contributed by atoms with E-state index in [0.29, 0.717) is 11.1 Å². The van der Waals surface area contributed by atoms with E-state index in [0.717, 1.165) is 22.0 Å². The maximum absolute atomic E-state index is 14.0. The number of pyridine rings is 2. The van der Waals surface area contributed by atoms with Crippen LogP contribution in [0.5, 0.6) is 11.5 Å². The van der Waals surface area contributed by atoms with Gasteiger partial charge in [0.05, 0.1) is 12.6 Å². The Bertz CT molecular complexity index is 1860. The average Bonchev–Trinajstić information content (AvgIpc) is 3.59. The second-order valence-corrected chi connectivity index (χ2v) is 12.3. The average molecular weight is 618 g/mol. The van der Waals surface area contributed by atoms with Crippen LogP contribution >= 0.6 is 0 Å². The largest absolute Gasteiger partial charge is 0.618 e. The molecule has 0 saturated carbocycles. The van der Waals surface area contributed by atoms with Crippen molar-refractivity contribution in [3.05, 3.63) is 96.0 Å². The highest BCUT2D eigenvalue weighted by Crippen LogP contribution is 2.34. The summed E-state index contributed by atoms with van der Waals surface area (Å²) >= 11 is 0. The lowest BCUT2D eigenvalue weighted by Gasteiger charge is -2.28. The number of aromatic hydroxyl groups is 1. The molecule has 0 radical (unpaired) electrons. The molecule has 6 rings (SSSR count). The summed E-state index contributed by atoms with van der Waals surface area (Å²) in [6.07, 6.45) is 1.84. The Kier molecular flexibility index (Phi) is 7.61. The van der Waals surface area contributed by atoms with E-state index in [1.54, 1.807) is 36.5 Å². The molecule has 2 aliphatic heterocycles. The molecule has 13 nitrogen and oxygen atoms in total. The number of rotatable bonds is 7. The van der Waals surface area contributed by atoms with Crippen molar-refractivity contribution in [3.63, 3.8) is 0 Å². The lowest BCUT2D eigenvalue weighted by molar-refractivity contribution is -0.646. The molecular weight excluding hydrogens is 590 g/mol. The number of phenolic OH excluding ortho intramolecular Hbond substituents is 1. The Morgan fingerprint density at radius 3 is 2.64 bits per heavy atom. The molecule has 2 aromatic heterocycles. The Morgan fingerprint density at radius 2 is 1.86 bits per heavy atom. The molecule has 226 valence electrons. The summed E-state index contributed by atoms with van der Waals surface area (Å²) in [7, 11) is -4.34. The van der Waals surface area contributed by atoms with Crippen molar-refractivity contribution in [1.82, 2.24) is 19.5 Å². The zero-order chi connectivity index (χ0) is 31.0. The van der Waals surface area contributed by atoms with Crippen molar-refractivity contribution in [2.45, 2.75) is 36.0 Å². The Hall–Kier alpha value is -5.08. The van der Waals surface area contributed by atoms with E-state index in [4.69, 9.17) is 4.74 Å². The van der Waals surface area contributed by atoms with E-state index in [1.165, 1.54) is 29.2 Å². The number of hydrogen-bond acceptors (Lipinski definition) is 9. The van der Waals surface area contributed by atoms with Crippen LogP contribution in [0.4, 0.5) is 4.79 Å². The Morgan fingerprint density at radius 1 is 1.09 bits per heavy atom. The van der Waals surface area contributed by atoms with Crippen LogP contribution in [-0.4, -0.2) is 76.7 Å². The zero-order valence-electron chi connectivity index (χ0n) is 23.1. The number of likely N-dealkylation sites (tertiary alicyclic amines) is 1. The fraction of sp³-hybridized carbons (Fsp3) is 0.233. The van der Waals surface area contributed by atoms with Crippen LogP contribution in [0.1, 0.15) is 12.0 Å². The molecule has 2 amide bonds. The van der Waals surface area contributed by atoms with Crippen molar-refractivity contribution in [1.29, 1.82) is 0 Å². The number of Topliss-reactive ketones (excluding diaryl/α,β-unsaturated/α-hetero) is 1. The molecule has 4 aromatic rings. The SMILES string of the molecule is O=C(NC(Cc1ccc(O)cc1)C(=O)N1CCC2C1C(=O)CN2S(=O)(=O)c1cccc[n+]1[O-])Oc1cccc2cccnc12. The third-order valence-corrected chi connectivity index (χ3v) is 9.65. The van der Waals surface area contributed by atoms with Gasteiger partial charge in [-0.3, -0.25) is 14.6 Å². The summed E-state index contributed by atoms with van der Waals surface area (Å²) < 4.78 is 33.5. The van der Waals surface area contributed by atoms with E-state index >= 15 is 0 Å². The lowest BCUT2D eigenvalue weighted by atomic mass is 10.0. The van der Waals surface area contributed by atoms with Crippen molar-refractivity contribution >= 4 is 38.7 Å². The van der Waals surface area contributed by atoms with Gasteiger partial charge in [0.25, 0.3) is 0 Å². The predicted molar refractivity (Wildman–Crippen MR) is 155 cm³/mol. The standard InChI is InChI=1S/C30H27N5O8S/c36-21-11-9-19(10-12-21)17-22(32-30(39)43-25-7-3-5-20-6-4-14-31-27(20)25)29(38)33-16-13-23-28(33)24(37)18-35(23)44(41,42)26-8-1-2-15-34(26)40/h1-12,14-15,22-23,28,36H,13,16-18H2,(H,32,39). The number of ketones is 1. The maximum atomic E-state index is 14.0. The summed E-state index contributed by atoms with van der Waals surface area (Å²) in [5, 5.41) is 24.8. The number of sulfonamides is 1. The normalized spacial score (nSPS) is 19.1. The number of fused-ring (bicyclic) bond motifs is 2. The molecule has 0 aliphatic carbocycles. The van der Waals surface area contributed by atoms with Gasteiger partial charge in [0.1, 0.15) is 23.3 Å². The first-order valence-electron chi connectivity index (χ1n) is 13.8. The van der Waals surface area contributed by atoms with Crippen molar-refractivity contribution in [2.75, 3.05) is 13.1 Å². The minimum absolute atomic E-state index is 0.00765. The second-order valence-electron chi connectivity index (χ2n) is 10.5. The summed E-state index contributed by atoms with van der Waals surface area (Å²) in [6, 6.07) is 15.5. The fourth-order valence-corrected chi connectivity index (χ4v) is 7.42. The van der Waals surface area contributed by atoms with Crippen molar-refractivity contribution < 1.29 is 37.4 Å². The molecule has 44 heavy (non-hydrogen) atoms. The number of benzene rings is 2. The van der Waals surface area contributed by atoms with Crippen LogP contribution < -0.4 is 14.8 Å².